The van der Waals surface area contributed by atoms with Crippen LogP contribution in [-0.2, 0) is 29.0 Å². The van der Waals surface area contributed by atoms with Crippen LogP contribution in [0, 0.1) is 0 Å². The Morgan fingerprint density at radius 2 is 1.63 bits per heavy atom. The first-order valence-electron chi connectivity index (χ1n) is 12.8. The van der Waals surface area contributed by atoms with Gasteiger partial charge in [0.25, 0.3) is 5.91 Å². The third-order valence-corrected chi connectivity index (χ3v) is 6.69. The zero-order valence-corrected chi connectivity index (χ0v) is 22.1. The third kappa shape index (κ3) is 6.57. The maximum atomic E-state index is 13.7. The van der Waals surface area contributed by atoms with Gasteiger partial charge in [-0.25, -0.2) is 10.8 Å². The lowest BCUT2D eigenvalue weighted by molar-refractivity contribution is -0.129. The summed E-state index contributed by atoms with van der Waals surface area (Å²) in [7, 11) is 0. The van der Waals surface area contributed by atoms with Crippen molar-refractivity contribution in [3.63, 3.8) is 0 Å². The first kappa shape index (κ1) is 28.9. The number of hydrogen-bond acceptors (Lipinski definition) is 8. The van der Waals surface area contributed by atoms with Crippen LogP contribution in [0.4, 0.5) is 0 Å². The van der Waals surface area contributed by atoms with Crippen LogP contribution in [0.1, 0.15) is 40.3 Å². The Kier molecular flexibility index (Phi) is 9.76. The van der Waals surface area contributed by atoms with E-state index in [0.717, 1.165) is 11.1 Å². The minimum Gasteiger partial charge on any atom is -0.494 e. The number of aliphatic hydroxyl groups excluding tert-OH is 1. The molecule has 0 saturated heterocycles. The molecule has 3 aromatic rings. The molecule has 13 nitrogen and oxygen atoms in total. The largest absolute Gasteiger partial charge is 0.494 e. The predicted octanol–water partition coefficient (Wildman–Crippen LogP) is 4.56. The number of carbonyl (C=O) groups excluding carboxylic acids is 1. The molecule has 4 N–H and O–H groups in total. The average Bonchev–Trinajstić information content (AvgIpc) is 3.39. The van der Waals surface area contributed by atoms with Crippen LogP contribution in [0.3, 0.4) is 0 Å². The molecule has 0 saturated carbocycles. The Labute approximate surface area is 235 Å². The first-order valence-corrected chi connectivity index (χ1v) is 12.8. The fraction of sp³-hybridized carbons (Fsp3) is 0.286. The Hall–Kier alpha value is -5.06. The van der Waals surface area contributed by atoms with Gasteiger partial charge < -0.3 is 14.6 Å². The van der Waals surface area contributed by atoms with Crippen molar-refractivity contribution in [1.82, 2.24) is 5.43 Å². The van der Waals surface area contributed by atoms with Gasteiger partial charge in [-0.3, -0.25) is 10.2 Å². The smallest absolute Gasteiger partial charge is 0.266 e. The van der Waals surface area contributed by atoms with Crippen molar-refractivity contribution in [3.8, 4) is 5.75 Å². The second-order valence-corrected chi connectivity index (χ2v) is 9.18. The predicted molar refractivity (Wildman–Crippen MR) is 151 cm³/mol. The highest BCUT2D eigenvalue weighted by Gasteiger charge is 2.53. The molecule has 0 aliphatic carbocycles. The number of azide groups is 2. The summed E-state index contributed by atoms with van der Waals surface area (Å²) in [5, 5.41) is 16.4. The minimum absolute atomic E-state index is 0.0303. The molecule has 1 heterocycles. The van der Waals surface area contributed by atoms with Crippen molar-refractivity contribution < 1.29 is 19.4 Å². The Balaban J connectivity index is 1.84. The molecule has 0 fully saturated rings. The van der Waals surface area contributed by atoms with Crippen LogP contribution in [0.15, 0.2) is 88.0 Å². The zero-order valence-electron chi connectivity index (χ0n) is 22.1. The van der Waals surface area contributed by atoms with Crippen LogP contribution in [0.25, 0.3) is 20.9 Å². The Morgan fingerprint density at radius 1 is 1.00 bits per heavy atom. The summed E-state index contributed by atoms with van der Waals surface area (Å²) in [5.74, 6) is 5.97. The van der Waals surface area contributed by atoms with Gasteiger partial charge in [-0.2, -0.15) is 0 Å². The van der Waals surface area contributed by atoms with Crippen molar-refractivity contribution in [2.45, 2.75) is 37.6 Å². The topological polar surface area (TPSA) is 204 Å². The van der Waals surface area contributed by atoms with E-state index in [1.54, 1.807) is 48.5 Å². The van der Waals surface area contributed by atoms with E-state index < -0.39 is 17.6 Å². The van der Waals surface area contributed by atoms with Gasteiger partial charge >= 0.3 is 0 Å². The number of rotatable bonds is 13. The van der Waals surface area contributed by atoms with E-state index in [1.807, 2.05) is 24.3 Å². The van der Waals surface area contributed by atoms with Gasteiger partial charge in [-0.05, 0) is 57.6 Å². The van der Waals surface area contributed by atoms with E-state index in [4.69, 9.17) is 36.5 Å². The van der Waals surface area contributed by atoms with Gasteiger partial charge in [-0.15, -0.1) is 0 Å². The molecular formula is C28H29N9O4. The van der Waals surface area contributed by atoms with Gasteiger partial charge in [0, 0.05) is 34.8 Å². The molecule has 1 amide bonds. The van der Waals surface area contributed by atoms with Crippen LogP contribution >= 0.6 is 0 Å². The molecule has 2 atom stereocenters. The van der Waals surface area contributed by atoms with E-state index in [-0.39, 0.29) is 32.0 Å². The summed E-state index contributed by atoms with van der Waals surface area (Å²) < 4.78 is 12.1. The highest BCUT2D eigenvalue weighted by atomic mass is 16.5. The standard InChI is InChI=1S/C28H29N9O4/c29-35-27(39)28(16-20-6-1-2-7-21(20)17-32-36-30)25(24-9-4-3-8-22(24)18-33-37-31)41-26(34-28)19-10-12-23(13-11-19)40-15-5-14-38/h1-4,6-13,25,38H,5,14-18,29H2,(H,35,39)/t25-,28-/m0/s1. The lowest BCUT2D eigenvalue weighted by atomic mass is 9.80. The van der Waals surface area contributed by atoms with Crippen molar-refractivity contribution in [2.75, 3.05) is 13.2 Å². The molecule has 0 aromatic heterocycles. The minimum atomic E-state index is -1.57. The molecule has 4 rings (SSSR count). The average molecular weight is 556 g/mol. The van der Waals surface area contributed by atoms with Crippen LogP contribution in [0.5, 0.6) is 5.75 Å². The number of nitrogens with one attached hydrogen (secondary N) is 1. The molecular weight excluding hydrogens is 526 g/mol. The summed E-state index contributed by atoms with van der Waals surface area (Å²) in [6.45, 7) is 0.519. The number of aliphatic imine (C=N–C) groups is 1. The number of hydrazine groups is 1. The van der Waals surface area contributed by atoms with Crippen LogP contribution in [0.2, 0.25) is 0 Å². The second kappa shape index (κ2) is 13.8. The number of carbonyl (C=O) groups is 1. The fourth-order valence-electron chi connectivity index (χ4n) is 4.71. The quantitative estimate of drug-likeness (QED) is 0.0526. The number of ether oxygens (including phenoxy) is 2. The van der Waals surface area contributed by atoms with E-state index in [2.05, 4.69) is 25.5 Å². The molecule has 1 aliphatic rings. The molecule has 0 spiro atoms. The summed E-state index contributed by atoms with van der Waals surface area (Å²) in [5.41, 5.74) is 21.9. The van der Waals surface area contributed by atoms with E-state index in [0.29, 0.717) is 35.5 Å². The molecule has 0 unspecified atom stereocenters. The SMILES string of the molecule is [N-]=[N+]=NCc1ccccc1C[C@]1(C(=O)NN)N=C(c2ccc(OCCCO)cc2)O[C@H]1c1ccccc1CN=[N+]=[N-]. The number of benzene rings is 3. The lowest BCUT2D eigenvalue weighted by Crippen LogP contribution is -2.52. The summed E-state index contributed by atoms with van der Waals surface area (Å²) in [4.78, 5) is 24.4. The summed E-state index contributed by atoms with van der Waals surface area (Å²) in [6, 6.07) is 21.5. The molecule has 41 heavy (non-hydrogen) atoms. The van der Waals surface area contributed by atoms with Gasteiger partial charge in [0.05, 0.1) is 19.7 Å². The zero-order chi connectivity index (χ0) is 29.1. The summed E-state index contributed by atoms with van der Waals surface area (Å²) >= 11 is 0. The second-order valence-electron chi connectivity index (χ2n) is 9.18. The van der Waals surface area contributed by atoms with Gasteiger partial charge in [0.15, 0.2) is 11.6 Å². The molecule has 3 aromatic carbocycles. The van der Waals surface area contributed by atoms with E-state index in [9.17, 15) is 4.79 Å². The highest BCUT2D eigenvalue weighted by molar-refractivity contribution is 6.01. The number of nitrogens with two attached hydrogens (primary N) is 1. The first-order chi connectivity index (χ1) is 20.1. The maximum Gasteiger partial charge on any atom is 0.266 e. The molecule has 0 radical (unpaired) electrons. The Bertz CT molecular complexity index is 1500. The van der Waals surface area contributed by atoms with Crippen molar-refractivity contribution in [3.05, 3.63) is 121 Å². The molecule has 210 valence electrons. The van der Waals surface area contributed by atoms with E-state index in [1.165, 1.54) is 0 Å². The van der Waals surface area contributed by atoms with Gasteiger partial charge in [-0.1, -0.05) is 58.8 Å². The number of hydrogen-bond donors (Lipinski definition) is 3. The van der Waals surface area contributed by atoms with Crippen LogP contribution < -0.4 is 16.0 Å². The van der Waals surface area contributed by atoms with Gasteiger partial charge in [0.2, 0.25) is 5.90 Å². The van der Waals surface area contributed by atoms with E-state index >= 15 is 0 Å². The normalized spacial score (nSPS) is 17.4. The fourth-order valence-corrected chi connectivity index (χ4v) is 4.71. The molecule has 13 heteroatoms. The Morgan fingerprint density at radius 3 is 2.29 bits per heavy atom. The highest BCUT2D eigenvalue weighted by Crippen LogP contribution is 2.44. The third-order valence-electron chi connectivity index (χ3n) is 6.69. The maximum absolute atomic E-state index is 13.7. The number of nitrogens with zero attached hydrogens (tertiary/aromatic N) is 7. The molecule has 1 aliphatic heterocycles. The lowest BCUT2D eigenvalue weighted by Gasteiger charge is -2.31. The van der Waals surface area contributed by atoms with Crippen molar-refractivity contribution in [2.24, 2.45) is 21.1 Å². The van der Waals surface area contributed by atoms with Crippen molar-refractivity contribution >= 4 is 11.8 Å². The monoisotopic (exact) mass is 555 g/mol. The number of amides is 1. The summed E-state index contributed by atoms with van der Waals surface area (Å²) in [6.07, 6.45) is -0.370. The van der Waals surface area contributed by atoms with Crippen LogP contribution in [-0.4, -0.2) is 35.7 Å². The van der Waals surface area contributed by atoms with Gasteiger partial charge in [0.1, 0.15) is 5.75 Å². The molecule has 0 bridgehead atoms. The van der Waals surface area contributed by atoms with Crippen molar-refractivity contribution in [1.29, 1.82) is 0 Å². The number of aliphatic hydroxyl groups is 1.